The number of halogens is 3. The fourth-order valence-electron chi connectivity index (χ4n) is 2.25. The summed E-state index contributed by atoms with van der Waals surface area (Å²) in [6.45, 7) is 0.675. The van der Waals surface area contributed by atoms with Crippen LogP contribution < -0.4 is 5.32 Å². The lowest BCUT2D eigenvalue weighted by molar-refractivity contribution is -0.137. The lowest BCUT2D eigenvalue weighted by Crippen LogP contribution is -2.40. The summed E-state index contributed by atoms with van der Waals surface area (Å²) in [7, 11) is 0. The molecule has 1 aliphatic carbocycles. The second-order valence-corrected chi connectivity index (χ2v) is 6.24. The molecule has 0 bridgehead atoms. The number of benzene rings is 1. The number of hydrogen-bond acceptors (Lipinski definition) is 3. The molecule has 0 saturated heterocycles. The van der Waals surface area contributed by atoms with Gasteiger partial charge in [-0.3, -0.25) is 0 Å². The van der Waals surface area contributed by atoms with E-state index in [1.807, 2.05) is 12.3 Å². The van der Waals surface area contributed by atoms with E-state index in [-0.39, 0.29) is 10.3 Å². The quantitative estimate of drug-likeness (QED) is 0.901. The van der Waals surface area contributed by atoms with Crippen molar-refractivity contribution in [2.24, 2.45) is 0 Å². The van der Waals surface area contributed by atoms with E-state index in [1.54, 1.807) is 11.8 Å². The van der Waals surface area contributed by atoms with Crippen molar-refractivity contribution in [3.63, 3.8) is 0 Å². The van der Waals surface area contributed by atoms with Crippen molar-refractivity contribution in [2.45, 2.75) is 30.2 Å². The van der Waals surface area contributed by atoms with E-state index in [4.69, 9.17) is 5.26 Å². The zero-order valence-electron chi connectivity index (χ0n) is 11.0. The maximum Gasteiger partial charge on any atom is 0.416 e. The van der Waals surface area contributed by atoms with Gasteiger partial charge in [-0.1, -0.05) is 6.42 Å². The van der Waals surface area contributed by atoms with Crippen molar-refractivity contribution in [3.8, 4) is 6.07 Å². The Morgan fingerprint density at radius 2 is 2.10 bits per heavy atom. The van der Waals surface area contributed by atoms with E-state index in [0.29, 0.717) is 12.2 Å². The lowest BCUT2D eigenvalue weighted by atomic mass is 9.84. The molecule has 0 radical (unpaired) electrons. The molecule has 0 aromatic heterocycles. The SMILES string of the molecule is CSC1(CNc2ccc(C(F)(F)F)cc2C#N)CCC1. The third-order valence-electron chi connectivity index (χ3n) is 3.77. The van der Waals surface area contributed by atoms with Gasteiger partial charge in [-0.15, -0.1) is 0 Å². The Balaban J connectivity index is 2.14. The van der Waals surface area contributed by atoms with E-state index < -0.39 is 11.7 Å². The second-order valence-electron chi connectivity index (χ2n) is 4.96. The summed E-state index contributed by atoms with van der Waals surface area (Å²) in [6, 6.07) is 5.08. The van der Waals surface area contributed by atoms with Gasteiger partial charge in [0.1, 0.15) is 6.07 Å². The highest BCUT2D eigenvalue weighted by Crippen LogP contribution is 2.43. The average molecular weight is 300 g/mol. The molecule has 2 rings (SSSR count). The molecule has 0 heterocycles. The van der Waals surface area contributed by atoms with E-state index in [9.17, 15) is 13.2 Å². The maximum atomic E-state index is 12.6. The molecular weight excluding hydrogens is 285 g/mol. The molecule has 0 aliphatic heterocycles. The van der Waals surface area contributed by atoms with Gasteiger partial charge in [0.15, 0.2) is 0 Å². The first-order valence-electron chi connectivity index (χ1n) is 6.31. The van der Waals surface area contributed by atoms with Gasteiger partial charge < -0.3 is 5.32 Å². The van der Waals surface area contributed by atoms with Crippen molar-refractivity contribution in [1.82, 2.24) is 0 Å². The summed E-state index contributed by atoms with van der Waals surface area (Å²) < 4.78 is 38.0. The highest BCUT2D eigenvalue weighted by atomic mass is 32.2. The number of hydrogen-bond donors (Lipinski definition) is 1. The molecule has 1 N–H and O–H groups in total. The normalized spacial score (nSPS) is 17.1. The first-order valence-corrected chi connectivity index (χ1v) is 7.53. The van der Waals surface area contributed by atoms with Crippen LogP contribution in [0.3, 0.4) is 0 Å². The minimum Gasteiger partial charge on any atom is -0.383 e. The monoisotopic (exact) mass is 300 g/mol. The van der Waals surface area contributed by atoms with Gasteiger partial charge >= 0.3 is 6.18 Å². The van der Waals surface area contributed by atoms with Gasteiger partial charge in [0.05, 0.1) is 16.8 Å². The van der Waals surface area contributed by atoms with Gasteiger partial charge in [0.25, 0.3) is 0 Å². The number of anilines is 1. The van der Waals surface area contributed by atoms with Crippen LogP contribution in [0.4, 0.5) is 18.9 Å². The summed E-state index contributed by atoms with van der Waals surface area (Å²) in [5, 5.41) is 12.1. The van der Waals surface area contributed by atoms with Crippen LogP contribution >= 0.6 is 11.8 Å². The van der Waals surface area contributed by atoms with Gasteiger partial charge in [-0.25, -0.2) is 0 Å². The third-order valence-corrected chi connectivity index (χ3v) is 5.18. The molecular formula is C14H15F3N2S. The molecule has 1 aliphatic rings. The summed E-state index contributed by atoms with van der Waals surface area (Å²) in [5.41, 5.74) is -0.279. The molecule has 0 spiro atoms. The smallest absolute Gasteiger partial charge is 0.383 e. The fourth-order valence-corrected chi connectivity index (χ4v) is 3.16. The molecule has 1 saturated carbocycles. The molecule has 6 heteroatoms. The van der Waals surface area contributed by atoms with E-state index in [0.717, 1.165) is 25.0 Å². The molecule has 0 atom stereocenters. The van der Waals surface area contributed by atoms with Crippen LogP contribution in [0.2, 0.25) is 0 Å². The van der Waals surface area contributed by atoms with Crippen LogP contribution in [0.1, 0.15) is 30.4 Å². The Labute approximate surface area is 120 Å². The number of alkyl halides is 3. The van der Waals surface area contributed by atoms with Gasteiger partial charge in [-0.2, -0.15) is 30.2 Å². The Hall–Kier alpha value is -1.35. The summed E-state index contributed by atoms with van der Waals surface area (Å²) in [6.07, 6.45) is 1.01. The number of rotatable bonds is 4. The van der Waals surface area contributed by atoms with Gasteiger partial charge in [0.2, 0.25) is 0 Å². The van der Waals surface area contributed by atoms with Crippen LogP contribution in [-0.4, -0.2) is 17.5 Å². The average Bonchev–Trinajstić information content (AvgIpc) is 2.37. The topological polar surface area (TPSA) is 35.8 Å². The molecule has 108 valence electrons. The van der Waals surface area contributed by atoms with E-state index in [2.05, 4.69) is 5.32 Å². The van der Waals surface area contributed by atoms with Crippen LogP contribution in [-0.2, 0) is 6.18 Å². The van der Waals surface area contributed by atoms with Crippen LogP contribution in [0.15, 0.2) is 18.2 Å². The number of nitriles is 1. The van der Waals surface area contributed by atoms with Crippen molar-refractivity contribution in [1.29, 1.82) is 5.26 Å². The Morgan fingerprint density at radius 1 is 1.40 bits per heavy atom. The molecule has 20 heavy (non-hydrogen) atoms. The summed E-state index contributed by atoms with van der Waals surface area (Å²) in [5.74, 6) is 0. The lowest BCUT2D eigenvalue weighted by Gasteiger charge is -2.40. The number of nitrogens with one attached hydrogen (secondary N) is 1. The number of nitrogens with zero attached hydrogens (tertiary/aromatic N) is 1. The molecule has 2 nitrogen and oxygen atoms in total. The highest BCUT2D eigenvalue weighted by molar-refractivity contribution is 8.00. The molecule has 0 amide bonds. The second kappa shape index (κ2) is 5.57. The fraction of sp³-hybridized carbons (Fsp3) is 0.500. The van der Waals surface area contributed by atoms with E-state index >= 15 is 0 Å². The zero-order valence-corrected chi connectivity index (χ0v) is 11.9. The van der Waals surface area contributed by atoms with E-state index in [1.165, 1.54) is 12.5 Å². The zero-order chi connectivity index (χ0) is 14.8. The van der Waals surface area contributed by atoms with Crippen molar-refractivity contribution in [3.05, 3.63) is 29.3 Å². The van der Waals surface area contributed by atoms with Crippen LogP contribution in [0, 0.1) is 11.3 Å². The molecule has 1 aromatic carbocycles. The van der Waals surface area contributed by atoms with Crippen molar-refractivity contribution < 1.29 is 13.2 Å². The summed E-state index contributed by atoms with van der Waals surface area (Å²) in [4.78, 5) is 0. The third kappa shape index (κ3) is 3.04. The first-order chi connectivity index (χ1) is 9.40. The molecule has 0 unspecified atom stereocenters. The van der Waals surface area contributed by atoms with Crippen LogP contribution in [0.25, 0.3) is 0 Å². The van der Waals surface area contributed by atoms with Crippen LogP contribution in [0.5, 0.6) is 0 Å². The Bertz CT molecular complexity index is 525. The molecule has 1 aromatic rings. The summed E-state index contributed by atoms with van der Waals surface area (Å²) >= 11 is 1.77. The number of thioether (sulfide) groups is 1. The first kappa shape index (κ1) is 15.0. The Kier molecular flexibility index (Phi) is 4.19. The molecule has 1 fully saturated rings. The standard InChI is InChI=1S/C14H15F3N2S/c1-20-13(5-2-6-13)9-19-12-4-3-11(14(15,16)17)7-10(12)8-18/h3-4,7,19H,2,5-6,9H2,1H3. The highest BCUT2D eigenvalue weighted by Gasteiger charge is 2.36. The predicted molar refractivity (Wildman–Crippen MR) is 74.7 cm³/mol. The predicted octanol–water partition coefficient (Wildman–Crippen LogP) is 4.27. The van der Waals surface area contributed by atoms with Gasteiger partial charge in [-0.05, 0) is 37.3 Å². The minimum absolute atomic E-state index is 0.0374. The van der Waals surface area contributed by atoms with Gasteiger partial charge in [0, 0.05) is 11.3 Å². The largest absolute Gasteiger partial charge is 0.416 e. The maximum absolute atomic E-state index is 12.6. The Morgan fingerprint density at radius 3 is 2.55 bits per heavy atom. The van der Waals surface area contributed by atoms with Crippen molar-refractivity contribution in [2.75, 3.05) is 18.1 Å². The van der Waals surface area contributed by atoms with Crippen molar-refractivity contribution >= 4 is 17.4 Å². The minimum atomic E-state index is -4.42.